The number of pyridine rings is 1. The highest BCUT2D eigenvalue weighted by Crippen LogP contribution is 2.19. The van der Waals surface area contributed by atoms with Gasteiger partial charge in [0.15, 0.2) is 0 Å². The van der Waals surface area contributed by atoms with E-state index in [9.17, 15) is 4.79 Å². The van der Waals surface area contributed by atoms with E-state index in [1.807, 2.05) is 13.8 Å². The number of carbonyl (C=O) groups excluding carboxylic acids is 1. The predicted molar refractivity (Wildman–Crippen MR) is 68.8 cm³/mol. The number of rotatable bonds is 1. The molecule has 1 aromatic heterocycles. The number of nitrogens with two attached hydrogens (primary N) is 1. The van der Waals surface area contributed by atoms with Crippen molar-refractivity contribution in [3.8, 4) is 0 Å². The van der Waals surface area contributed by atoms with Gasteiger partial charge in [0.1, 0.15) is 5.69 Å². The van der Waals surface area contributed by atoms with Crippen molar-refractivity contribution >= 4 is 22.6 Å². The molecule has 0 radical (unpaired) electrons. The van der Waals surface area contributed by atoms with Gasteiger partial charge >= 0.3 is 5.97 Å². The zero-order chi connectivity index (χ0) is 12.8. The highest BCUT2D eigenvalue weighted by molar-refractivity contribution is 5.94. The summed E-state index contributed by atoms with van der Waals surface area (Å²) < 4.78 is 4.58. The van der Waals surface area contributed by atoms with Gasteiger partial charge in [-0.1, -0.05) is 19.9 Å². The van der Waals surface area contributed by atoms with Crippen molar-refractivity contribution in [1.29, 1.82) is 0 Å². The molecule has 4 heteroatoms. The summed E-state index contributed by atoms with van der Waals surface area (Å²) in [6.45, 7) is 4.00. The van der Waals surface area contributed by atoms with Crippen molar-refractivity contribution in [1.82, 2.24) is 4.98 Å². The summed E-state index contributed by atoms with van der Waals surface area (Å²) in [6.07, 6.45) is 0. The van der Waals surface area contributed by atoms with Gasteiger partial charge in [0.2, 0.25) is 0 Å². The zero-order valence-electron chi connectivity index (χ0n) is 10.2. The molecule has 0 saturated heterocycles. The van der Waals surface area contributed by atoms with Crippen LogP contribution < -0.4 is 5.73 Å². The Hall–Kier alpha value is -2.10. The molecule has 17 heavy (non-hydrogen) atoms. The fraction of sp³-hybridized carbons (Fsp3) is 0.231. The maximum Gasteiger partial charge on any atom is 0.356 e. The van der Waals surface area contributed by atoms with Gasteiger partial charge in [-0.15, -0.1) is 0 Å². The van der Waals surface area contributed by atoms with Crippen LogP contribution in [0.2, 0.25) is 0 Å². The number of ether oxygens (including phenoxy) is 1. The number of benzene rings is 1. The lowest BCUT2D eigenvalue weighted by Crippen LogP contribution is -2.04. The van der Waals surface area contributed by atoms with Gasteiger partial charge in [0.25, 0.3) is 0 Å². The summed E-state index contributed by atoms with van der Waals surface area (Å²) in [6, 6.07) is 8.76. The average Bonchev–Trinajstić information content (AvgIpc) is 2.40. The van der Waals surface area contributed by atoms with Crippen LogP contribution in [-0.2, 0) is 4.74 Å². The molecule has 4 nitrogen and oxygen atoms in total. The topological polar surface area (TPSA) is 65.2 Å². The van der Waals surface area contributed by atoms with Crippen molar-refractivity contribution in [3.63, 3.8) is 0 Å². The number of aromatic nitrogens is 1. The minimum absolute atomic E-state index is 0.288. The van der Waals surface area contributed by atoms with E-state index in [1.165, 1.54) is 7.11 Å². The molecule has 1 heterocycles. The second kappa shape index (κ2) is 5.84. The summed E-state index contributed by atoms with van der Waals surface area (Å²) in [5, 5.41) is 0.838. The van der Waals surface area contributed by atoms with Gasteiger partial charge in [0, 0.05) is 11.1 Å². The van der Waals surface area contributed by atoms with Crippen LogP contribution in [0.1, 0.15) is 24.3 Å². The van der Waals surface area contributed by atoms with E-state index in [1.54, 1.807) is 30.3 Å². The third-order valence-electron chi connectivity index (χ3n) is 2.16. The molecule has 0 amide bonds. The van der Waals surface area contributed by atoms with E-state index in [4.69, 9.17) is 5.73 Å². The van der Waals surface area contributed by atoms with Gasteiger partial charge in [-0.25, -0.2) is 9.78 Å². The van der Waals surface area contributed by atoms with Crippen LogP contribution in [0.4, 0.5) is 5.69 Å². The van der Waals surface area contributed by atoms with Crippen molar-refractivity contribution in [3.05, 3.63) is 36.0 Å². The second-order valence-corrected chi connectivity index (χ2v) is 3.10. The molecular weight excluding hydrogens is 216 g/mol. The lowest BCUT2D eigenvalue weighted by molar-refractivity contribution is 0.0594. The Kier molecular flexibility index (Phi) is 4.46. The number of carbonyl (C=O) groups is 1. The van der Waals surface area contributed by atoms with Crippen molar-refractivity contribution < 1.29 is 9.53 Å². The number of esters is 1. The molecule has 0 spiro atoms. The van der Waals surface area contributed by atoms with E-state index >= 15 is 0 Å². The van der Waals surface area contributed by atoms with Crippen molar-refractivity contribution in [2.75, 3.05) is 12.8 Å². The van der Waals surface area contributed by atoms with Crippen molar-refractivity contribution in [2.24, 2.45) is 0 Å². The van der Waals surface area contributed by atoms with Crippen LogP contribution in [0, 0.1) is 0 Å². The van der Waals surface area contributed by atoms with Crippen LogP contribution in [0.3, 0.4) is 0 Å². The number of hydrogen-bond acceptors (Lipinski definition) is 4. The first-order chi connectivity index (χ1) is 8.22. The Morgan fingerprint density at radius 3 is 2.59 bits per heavy atom. The Labute approximate surface area is 100 Å². The molecule has 0 saturated carbocycles. The Morgan fingerprint density at radius 1 is 1.24 bits per heavy atom. The van der Waals surface area contributed by atoms with Crippen LogP contribution in [-0.4, -0.2) is 18.1 Å². The molecule has 2 N–H and O–H groups in total. The lowest BCUT2D eigenvalue weighted by atomic mass is 10.1. The van der Waals surface area contributed by atoms with E-state index in [-0.39, 0.29) is 5.69 Å². The van der Waals surface area contributed by atoms with Crippen molar-refractivity contribution in [2.45, 2.75) is 13.8 Å². The molecule has 0 aliphatic heterocycles. The van der Waals surface area contributed by atoms with Gasteiger partial charge in [-0.3, -0.25) is 0 Å². The predicted octanol–water partition coefficient (Wildman–Crippen LogP) is 2.63. The highest BCUT2D eigenvalue weighted by atomic mass is 16.5. The van der Waals surface area contributed by atoms with Gasteiger partial charge < -0.3 is 10.5 Å². The summed E-state index contributed by atoms with van der Waals surface area (Å²) in [5.74, 6) is -0.445. The lowest BCUT2D eigenvalue weighted by Gasteiger charge is -2.03. The standard InChI is InChI=1S/C11H10N2O2.C2H6/c1-15-11(14)10-6-5-7-8(12)3-2-4-9(7)13-10;1-2/h2-6H,12H2,1H3;1-2H3. The molecule has 2 rings (SSSR count). The molecule has 0 aliphatic carbocycles. The largest absolute Gasteiger partial charge is 0.464 e. The molecule has 90 valence electrons. The summed E-state index contributed by atoms with van der Waals surface area (Å²) in [5.41, 5.74) is 7.39. The minimum Gasteiger partial charge on any atom is -0.464 e. The fourth-order valence-electron chi connectivity index (χ4n) is 1.40. The van der Waals surface area contributed by atoms with Crippen LogP contribution >= 0.6 is 0 Å². The first-order valence-corrected chi connectivity index (χ1v) is 5.46. The van der Waals surface area contributed by atoms with Gasteiger partial charge in [-0.05, 0) is 24.3 Å². The molecule has 0 atom stereocenters. The maximum atomic E-state index is 11.2. The highest BCUT2D eigenvalue weighted by Gasteiger charge is 2.08. The summed E-state index contributed by atoms with van der Waals surface area (Å²) >= 11 is 0. The van der Waals surface area contributed by atoms with Crippen LogP contribution in [0.25, 0.3) is 10.9 Å². The molecule has 0 unspecified atom stereocenters. The number of hydrogen-bond donors (Lipinski definition) is 1. The zero-order valence-corrected chi connectivity index (χ0v) is 10.2. The Bertz CT molecular complexity index is 524. The monoisotopic (exact) mass is 232 g/mol. The van der Waals surface area contributed by atoms with Gasteiger partial charge in [0.05, 0.1) is 12.6 Å². The molecular formula is C13H16N2O2. The smallest absolute Gasteiger partial charge is 0.356 e. The Morgan fingerprint density at radius 2 is 1.94 bits per heavy atom. The normalized spacial score (nSPS) is 9.35. The molecule has 2 aromatic rings. The fourth-order valence-corrected chi connectivity index (χ4v) is 1.40. The molecule has 0 bridgehead atoms. The molecule has 0 aliphatic rings. The minimum atomic E-state index is -0.445. The van der Waals surface area contributed by atoms with E-state index in [0.29, 0.717) is 11.2 Å². The number of nitrogens with zero attached hydrogens (tertiary/aromatic N) is 1. The maximum absolute atomic E-state index is 11.2. The number of fused-ring (bicyclic) bond motifs is 1. The number of methoxy groups -OCH3 is 1. The van der Waals surface area contributed by atoms with Crippen LogP contribution in [0.15, 0.2) is 30.3 Å². The number of anilines is 1. The first-order valence-electron chi connectivity index (χ1n) is 5.46. The average molecular weight is 232 g/mol. The SMILES string of the molecule is CC.COC(=O)c1ccc2c(N)cccc2n1. The van der Waals surface area contributed by atoms with E-state index in [0.717, 1.165) is 5.39 Å². The van der Waals surface area contributed by atoms with E-state index < -0.39 is 5.97 Å². The van der Waals surface area contributed by atoms with Gasteiger partial charge in [-0.2, -0.15) is 0 Å². The summed E-state index contributed by atoms with van der Waals surface area (Å²) in [4.78, 5) is 15.4. The first kappa shape index (κ1) is 13.0. The third kappa shape index (κ3) is 2.72. The summed E-state index contributed by atoms with van der Waals surface area (Å²) in [7, 11) is 1.33. The number of nitrogen functional groups attached to an aromatic ring is 1. The van der Waals surface area contributed by atoms with Crippen LogP contribution in [0.5, 0.6) is 0 Å². The molecule has 1 aromatic carbocycles. The Balaban J connectivity index is 0.000000686. The quantitative estimate of drug-likeness (QED) is 0.606. The van der Waals surface area contributed by atoms with E-state index in [2.05, 4.69) is 9.72 Å². The molecule has 0 fully saturated rings. The second-order valence-electron chi connectivity index (χ2n) is 3.10. The third-order valence-corrected chi connectivity index (χ3v) is 2.16.